The van der Waals surface area contributed by atoms with E-state index in [1.54, 1.807) is 4.90 Å². The van der Waals surface area contributed by atoms with Crippen LogP contribution in [0.25, 0.3) is 0 Å². The number of hydrogen-bond acceptors (Lipinski definition) is 2. The fraction of sp³-hybridized carbons (Fsp3) is 0.500. The number of halogens is 2. The molecule has 0 atom stereocenters. The molecule has 6 heteroatoms. The summed E-state index contributed by atoms with van der Waals surface area (Å²) in [4.78, 5) is 23.5. The minimum Gasteiger partial charge on any atom is -0.369 e. The first-order chi connectivity index (χ1) is 6.50. The monoisotopic (exact) mass is 236 g/mol. The van der Waals surface area contributed by atoms with Gasteiger partial charge in [0.2, 0.25) is 11.8 Å². The quantitative estimate of drug-likeness (QED) is 0.782. The van der Waals surface area contributed by atoms with Crippen molar-refractivity contribution >= 4 is 35.0 Å². The second-order valence-electron chi connectivity index (χ2n) is 3.10. The SMILES string of the molecule is NC(=O)C1CN(C(=O)CC=C(Cl)Cl)C1. The molecule has 2 amide bonds. The Bertz CT molecular complexity index is 281. The maximum absolute atomic E-state index is 11.3. The third-order valence-corrected chi connectivity index (χ3v) is 2.38. The van der Waals surface area contributed by atoms with Crippen molar-refractivity contribution in [2.24, 2.45) is 11.7 Å². The average molecular weight is 237 g/mol. The van der Waals surface area contributed by atoms with Crippen LogP contribution in [0.15, 0.2) is 10.6 Å². The molecule has 1 saturated heterocycles. The lowest BCUT2D eigenvalue weighted by Gasteiger charge is -2.37. The van der Waals surface area contributed by atoms with Crippen LogP contribution < -0.4 is 5.73 Å². The molecular formula is C8H10Cl2N2O2. The highest BCUT2D eigenvalue weighted by Gasteiger charge is 2.33. The van der Waals surface area contributed by atoms with Gasteiger partial charge in [-0.2, -0.15) is 0 Å². The van der Waals surface area contributed by atoms with Crippen LogP contribution in [-0.2, 0) is 9.59 Å². The van der Waals surface area contributed by atoms with Crippen LogP contribution in [0.4, 0.5) is 0 Å². The van der Waals surface area contributed by atoms with Gasteiger partial charge in [-0.25, -0.2) is 0 Å². The van der Waals surface area contributed by atoms with Crippen LogP contribution in [0.3, 0.4) is 0 Å². The Hall–Kier alpha value is -0.740. The van der Waals surface area contributed by atoms with E-state index in [1.807, 2.05) is 0 Å². The number of amides is 2. The van der Waals surface area contributed by atoms with E-state index in [1.165, 1.54) is 6.08 Å². The molecule has 0 unspecified atom stereocenters. The summed E-state index contributed by atoms with van der Waals surface area (Å²) in [5.41, 5.74) is 5.05. The van der Waals surface area contributed by atoms with Gasteiger partial charge in [-0.05, 0) is 6.08 Å². The van der Waals surface area contributed by atoms with Gasteiger partial charge in [0.1, 0.15) is 4.49 Å². The summed E-state index contributed by atoms with van der Waals surface area (Å²) in [5, 5.41) is 0. The van der Waals surface area contributed by atoms with Crippen LogP contribution in [0.1, 0.15) is 6.42 Å². The van der Waals surface area contributed by atoms with Gasteiger partial charge in [-0.1, -0.05) is 23.2 Å². The number of carbonyl (C=O) groups is 2. The van der Waals surface area contributed by atoms with Gasteiger partial charge < -0.3 is 10.6 Å². The maximum atomic E-state index is 11.3. The first-order valence-corrected chi connectivity index (χ1v) is 4.84. The molecule has 14 heavy (non-hydrogen) atoms. The highest BCUT2D eigenvalue weighted by molar-refractivity contribution is 6.55. The zero-order valence-corrected chi connectivity index (χ0v) is 8.88. The highest BCUT2D eigenvalue weighted by atomic mass is 35.5. The predicted molar refractivity (Wildman–Crippen MR) is 53.7 cm³/mol. The van der Waals surface area contributed by atoms with Crippen molar-refractivity contribution in [2.45, 2.75) is 6.42 Å². The molecule has 0 aliphatic carbocycles. The second kappa shape index (κ2) is 4.66. The van der Waals surface area contributed by atoms with Gasteiger partial charge in [-0.15, -0.1) is 0 Å². The molecule has 0 saturated carbocycles. The van der Waals surface area contributed by atoms with Crippen LogP contribution >= 0.6 is 23.2 Å². The van der Waals surface area contributed by atoms with Gasteiger partial charge in [0.15, 0.2) is 0 Å². The molecule has 0 bridgehead atoms. The Morgan fingerprint density at radius 3 is 2.43 bits per heavy atom. The molecule has 0 aromatic heterocycles. The topological polar surface area (TPSA) is 63.4 Å². The van der Waals surface area contributed by atoms with Crippen molar-refractivity contribution in [1.29, 1.82) is 0 Å². The molecule has 78 valence electrons. The van der Waals surface area contributed by atoms with Crippen molar-refractivity contribution in [2.75, 3.05) is 13.1 Å². The molecule has 4 nitrogen and oxygen atoms in total. The molecule has 0 radical (unpaired) electrons. The summed E-state index contributed by atoms with van der Waals surface area (Å²) in [6, 6.07) is 0. The normalized spacial score (nSPS) is 16.0. The van der Waals surface area contributed by atoms with E-state index in [0.29, 0.717) is 13.1 Å². The van der Waals surface area contributed by atoms with Crippen molar-refractivity contribution in [3.8, 4) is 0 Å². The number of rotatable bonds is 3. The van der Waals surface area contributed by atoms with E-state index >= 15 is 0 Å². The molecule has 1 heterocycles. The van der Waals surface area contributed by atoms with Gasteiger partial charge >= 0.3 is 0 Å². The fourth-order valence-electron chi connectivity index (χ4n) is 1.16. The van der Waals surface area contributed by atoms with Crippen LogP contribution in [-0.4, -0.2) is 29.8 Å². The number of primary amides is 1. The van der Waals surface area contributed by atoms with E-state index in [2.05, 4.69) is 0 Å². The lowest BCUT2D eigenvalue weighted by molar-refractivity contribution is -0.141. The molecule has 1 aliphatic heterocycles. The summed E-state index contributed by atoms with van der Waals surface area (Å²) in [5.74, 6) is -0.657. The largest absolute Gasteiger partial charge is 0.369 e. The van der Waals surface area contributed by atoms with E-state index < -0.39 is 0 Å². The summed E-state index contributed by atoms with van der Waals surface area (Å²) in [6.45, 7) is 0.809. The van der Waals surface area contributed by atoms with E-state index in [-0.39, 0.29) is 28.6 Å². The lowest BCUT2D eigenvalue weighted by Crippen LogP contribution is -2.54. The third kappa shape index (κ3) is 2.89. The molecular weight excluding hydrogens is 227 g/mol. The first-order valence-electron chi connectivity index (χ1n) is 4.09. The molecule has 2 N–H and O–H groups in total. The predicted octanol–water partition coefficient (Wildman–Crippen LogP) is 0.639. The Labute approximate surface area is 91.6 Å². The minimum absolute atomic E-state index is 0.0744. The zero-order valence-electron chi connectivity index (χ0n) is 7.37. The summed E-state index contributed by atoms with van der Waals surface area (Å²) >= 11 is 10.7. The Balaban J connectivity index is 2.30. The lowest BCUT2D eigenvalue weighted by atomic mass is 9.99. The number of nitrogens with two attached hydrogens (primary N) is 1. The molecule has 0 spiro atoms. The minimum atomic E-state index is -0.361. The van der Waals surface area contributed by atoms with Crippen LogP contribution in [0, 0.1) is 5.92 Å². The Morgan fingerprint density at radius 1 is 1.43 bits per heavy atom. The van der Waals surface area contributed by atoms with Crippen LogP contribution in [0.2, 0.25) is 0 Å². The number of hydrogen-bond donors (Lipinski definition) is 1. The van der Waals surface area contributed by atoms with Crippen LogP contribution in [0.5, 0.6) is 0 Å². The van der Waals surface area contributed by atoms with Gasteiger partial charge in [0.05, 0.1) is 5.92 Å². The zero-order chi connectivity index (χ0) is 10.7. The number of carbonyl (C=O) groups excluding carboxylic acids is 2. The molecule has 1 rings (SSSR count). The molecule has 1 aliphatic rings. The molecule has 0 aromatic carbocycles. The Kier molecular flexibility index (Phi) is 3.77. The number of nitrogens with zero attached hydrogens (tertiary/aromatic N) is 1. The van der Waals surface area contributed by atoms with Gasteiger partial charge in [0, 0.05) is 19.5 Å². The van der Waals surface area contributed by atoms with E-state index in [4.69, 9.17) is 28.9 Å². The summed E-state index contributed by atoms with van der Waals surface area (Å²) in [7, 11) is 0. The summed E-state index contributed by atoms with van der Waals surface area (Å²) in [6.07, 6.45) is 1.58. The van der Waals surface area contributed by atoms with E-state index in [0.717, 1.165) is 0 Å². The number of likely N-dealkylation sites (tertiary alicyclic amines) is 1. The average Bonchev–Trinajstić information content (AvgIpc) is 1.97. The standard InChI is InChI=1S/C8H10Cl2N2O2/c9-6(10)1-2-7(13)12-3-5(4-12)8(11)14/h1,5H,2-4H2,(H2,11,14). The first kappa shape index (κ1) is 11.3. The fourth-order valence-corrected chi connectivity index (χ4v) is 1.31. The van der Waals surface area contributed by atoms with Crippen molar-refractivity contribution in [3.05, 3.63) is 10.6 Å². The van der Waals surface area contributed by atoms with Gasteiger partial charge in [-0.3, -0.25) is 9.59 Å². The van der Waals surface area contributed by atoms with Crippen molar-refractivity contribution in [1.82, 2.24) is 4.90 Å². The Morgan fingerprint density at radius 2 is 2.00 bits per heavy atom. The van der Waals surface area contributed by atoms with Crippen molar-refractivity contribution < 1.29 is 9.59 Å². The molecule has 0 aromatic rings. The smallest absolute Gasteiger partial charge is 0.226 e. The van der Waals surface area contributed by atoms with E-state index in [9.17, 15) is 9.59 Å². The highest BCUT2D eigenvalue weighted by Crippen LogP contribution is 2.17. The molecule has 1 fully saturated rings. The third-order valence-electron chi connectivity index (χ3n) is 2.07. The maximum Gasteiger partial charge on any atom is 0.226 e. The van der Waals surface area contributed by atoms with Crippen molar-refractivity contribution in [3.63, 3.8) is 0 Å². The second-order valence-corrected chi connectivity index (χ2v) is 4.10. The summed E-state index contributed by atoms with van der Waals surface area (Å²) < 4.78 is 0.0744. The van der Waals surface area contributed by atoms with Gasteiger partial charge in [0.25, 0.3) is 0 Å².